The number of phenolic OH excluding ortho intramolecular Hbond substituents is 1. The number of benzene rings is 1. The highest BCUT2D eigenvalue weighted by atomic mass is 19.4. The smallest absolute Gasteiger partial charge is 0.420 e. The topological polar surface area (TPSA) is 20.2 Å². The second-order valence-electron chi connectivity index (χ2n) is 2.28. The van der Waals surface area contributed by atoms with Crippen LogP contribution in [0.4, 0.5) is 22.0 Å². The number of rotatable bonds is 0. The minimum atomic E-state index is -4.97. The highest BCUT2D eigenvalue weighted by Gasteiger charge is 2.35. The van der Waals surface area contributed by atoms with Crippen LogP contribution in [0.2, 0.25) is 0 Å². The Bertz CT molecular complexity index is 330. The highest BCUT2D eigenvalue weighted by Crippen LogP contribution is 2.37. The van der Waals surface area contributed by atoms with Crippen molar-refractivity contribution in [2.75, 3.05) is 0 Å². The maximum Gasteiger partial charge on any atom is 0.420 e. The molecule has 1 aromatic rings. The Balaban J connectivity index is 3.37. The van der Waals surface area contributed by atoms with Crippen LogP contribution in [0, 0.1) is 11.6 Å². The lowest BCUT2D eigenvalue weighted by molar-refractivity contribution is -0.139. The maximum absolute atomic E-state index is 12.4. The van der Waals surface area contributed by atoms with Crippen molar-refractivity contribution in [3.8, 4) is 5.75 Å². The summed E-state index contributed by atoms with van der Waals surface area (Å²) in [6.07, 6.45) is -4.97. The van der Waals surface area contributed by atoms with Gasteiger partial charge < -0.3 is 5.11 Å². The molecule has 0 saturated heterocycles. The zero-order chi connectivity index (χ0) is 10.2. The number of phenols is 1. The van der Waals surface area contributed by atoms with E-state index in [1.807, 2.05) is 0 Å². The number of hydrogen-bond acceptors (Lipinski definition) is 1. The van der Waals surface area contributed by atoms with Crippen LogP contribution in [-0.2, 0) is 6.18 Å². The van der Waals surface area contributed by atoms with Crippen LogP contribution in [0.15, 0.2) is 12.1 Å². The molecule has 0 aliphatic carbocycles. The molecule has 0 amide bonds. The van der Waals surface area contributed by atoms with Crippen molar-refractivity contribution in [1.29, 1.82) is 0 Å². The Hall–Kier alpha value is -1.33. The molecule has 0 unspecified atom stereocenters. The molecule has 0 radical (unpaired) electrons. The summed E-state index contributed by atoms with van der Waals surface area (Å²) in [5.41, 5.74) is -1.72. The number of halogens is 5. The van der Waals surface area contributed by atoms with E-state index in [9.17, 15) is 22.0 Å². The molecule has 0 heterocycles. The first-order valence-corrected chi connectivity index (χ1v) is 3.07. The molecule has 0 spiro atoms. The molecule has 0 saturated carbocycles. The normalized spacial score (nSPS) is 11.8. The fraction of sp³-hybridized carbons (Fsp3) is 0.143. The second kappa shape index (κ2) is 2.86. The molecular formula is C7H3F5O. The standard InChI is InChI=1S/C7H3F5O/c8-3-1-4(7(10,11)12)6(13)5(9)2-3/h1-2,13H. The molecule has 0 fully saturated rings. The van der Waals surface area contributed by atoms with E-state index in [4.69, 9.17) is 5.11 Å². The molecule has 1 nitrogen and oxygen atoms in total. The summed E-state index contributed by atoms with van der Waals surface area (Å²) in [5.74, 6) is -4.61. The third-order valence-corrected chi connectivity index (χ3v) is 1.33. The van der Waals surface area contributed by atoms with E-state index in [0.29, 0.717) is 0 Å². The quantitative estimate of drug-likeness (QED) is 0.635. The molecule has 1 N–H and O–H groups in total. The van der Waals surface area contributed by atoms with Gasteiger partial charge in [-0.3, -0.25) is 0 Å². The zero-order valence-electron chi connectivity index (χ0n) is 5.99. The highest BCUT2D eigenvalue weighted by molar-refractivity contribution is 5.36. The van der Waals surface area contributed by atoms with E-state index >= 15 is 0 Å². The lowest BCUT2D eigenvalue weighted by Gasteiger charge is -2.08. The Kier molecular flexibility index (Phi) is 2.15. The SMILES string of the molecule is Oc1c(F)cc(F)cc1C(F)(F)F. The van der Waals surface area contributed by atoms with Crippen molar-refractivity contribution in [3.63, 3.8) is 0 Å². The number of aromatic hydroxyl groups is 1. The van der Waals surface area contributed by atoms with Gasteiger partial charge in [0.25, 0.3) is 0 Å². The van der Waals surface area contributed by atoms with Crippen LogP contribution < -0.4 is 0 Å². The van der Waals surface area contributed by atoms with Crippen molar-refractivity contribution in [2.45, 2.75) is 6.18 Å². The first-order valence-electron chi connectivity index (χ1n) is 3.07. The van der Waals surface area contributed by atoms with Gasteiger partial charge in [-0.1, -0.05) is 0 Å². The molecule has 72 valence electrons. The van der Waals surface area contributed by atoms with Gasteiger partial charge in [0.05, 0.1) is 0 Å². The Labute approximate surface area is 69.4 Å². The predicted molar refractivity (Wildman–Crippen MR) is 33.0 cm³/mol. The fourth-order valence-electron chi connectivity index (χ4n) is 0.782. The monoisotopic (exact) mass is 198 g/mol. The molecule has 13 heavy (non-hydrogen) atoms. The van der Waals surface area contributed by atoms with Gasteiger partial charge in [0.1, 0.15) is 11.4 Å². The summed E-state index contributed by atoms with van der Waals surface area (Å²) >= 11 is 0. The average molecular weight is 198 g/mol. The predicted octanol–water partition coefficient (Wildman–Crippen LogP) is 2.69. The number of hydrogen-bond donors (Lipinski definition) is 1. The summed E-state index contributed by atoms with van der Waals surface area (Å²) in [4.78, 5) is 0. The minimum absolute atomic E-state index is 0.0262. The third kappa shape index (κ3) is 1.88. The van der Waals surface area contributed by atoms with Crippen LogP contribution in [0.5, 0.6) is 5.75 Å². The van der Waals surface area contributed by atoms with Crippen LogP contribution in [0.25, 0.3) is 0 Å². The van der Waals surface area contributed by atoms with Crippen LogP contribution in [0.1, 0.15) is 5.56 Å². The van der Waals surface area contributed by atoms with Crippen LogP contribution >= 0.6 is 0 Å². The van der Waals surface area contributed by atoms with Crippen molar-refractivity contribution >= 4 is 0 Å². The van der Waals surface area contributed by atoms with Gasteiger partial charge in [-0.25, -0.2) is 8.78 Å². The van der Waals surface area contributed by atoms with Crippen molar-refractivity contribution in [3.05, 3.63) is 29.3 Å². The lowest BCUT2D eigenvalue weighted by atomic mass is 10.2. The van der Waals surface area contributed by atoms with Gasteiger partial charge in [0.2, 0.25) is 0 Å². The molecule has 0 aliphatic heterocycles. The van der Waals surface area contributed by atoms with Gasteiger partial charge in [0, 0.05) is 6.07 Å². The van der Waals surface area contributed by atoms with E-state index in [0.717, 1.165) is 0 Å². The molecule has 0 bridgehead atoms. The van der Waals surface area contributed by atoms with E-state index in [2.05, 4.69) is 0 Å². The van der Waals surface area contributed by atoms with Gasteiger partial charge in [-0.15, -0.1) is 0 Å². The van der Waals surface area contributed by atoms with Gasteiger partial charge in [-0.2, -0.15) is 13.2 Å². The molecule has 1 aromatic carbocycles. The maximum atomic E-state index is 12.4. The Morgan fingerprint density at radius 2 is 1.62 bits per heavy atom. The Morgan fingerprint density at radius 3 is 2.08 bits per heavy atom. The van der Waals surface area contributed by atoms with Crippen LogP contribution in [0.3, 0.4) is 0 Å². The average Bonchev–Trinajstić information content (AvgIpc) is 1.94. The second-order valence-corrected chi connectivity index (χ2v) is 2.28. The fourth-order valence-corrected chi connectivity index (χ4v) is 0.782. The third-order valence-electron chi connectivity index (χ3n) is 1.33. The van der Waals surface area contributed by atoms with Crippen LogP contribution in [-0.4, -0.2) is 5.11 Å². The first-order chi connectivity index (χ1) is 5.82. The van der Waals surface area contributed by atoms with Crippen molar-refractivity contribution < 1.29 is 27.1 Å². The largest absolute Gasteiger partial charge is 0.504 e. The van der Waals surface area contributed by atoms with E-state index < -0.39 is 29.1 Å². The Morgan fingerprint density at radius 1 is 1.08 bits per heavy atom. The van der Waals surface area contributed by atoms with Gasteiger partial charge in [0.15, 0.2) is 11.6 Å². The molecule has 0 atom stereocenters. The lowest BCUT2D eigenvalue weighted by Crippen LogP contribution is -2.06. The van der Waals surface area contributed by atoms with E-state index in [-0.39, 0.29) is 12.1 Å². The van der Waals surface area contributed by atoms with Crippen molar-refractivity contribution in [1.82, 2.24) is 0 Å². The first kappa shape index (κ1) is 9.76. The van der Waals surface area contributed by atoms with Gasteiger partial charge in [-0.05, 0) is 6.07 Å². The number of alkyl halides is 3. The summed E-state index contributed by atoms with van der Waals surface area (Å²) in [7, 11) is 0. The summed E-state index contributed by atoms with van der Waals surface area (Å²) in [6.45, 7) is 0. The summed E-state index contributed by atoms with van der Waals surface area (Å²) < 4.78 is 60.4. The molecular weight excluding hydrogens is 195 g/mol. The zero-order valence-corrected chi connectivity index (χ0v) is 5.99. The molecule has 0 aromatic heterocycles. The van der Waals surface area contributed by atoms with E-state index in [1.54, 1.807) is 0 Å². The molecule has 6 heteroatoms. The molecule has 1 rings (SSSR count). The van der Waals surface area contributed by atoms with Gasteiger partial charge >= 0.3 is 6.18 Å². The minimum Gasteiger partial charge on any atom is -0.504 e. The summed E-state index contributed by atoms with van der Waals surface area (Å²) in [6, 6.07) is 0.197. The van der Waals surface area contributed by atoms with Crippen molar-refractivity contribution in [2.24, 2.45) is 0 Å². The molecule has 0 aliphatic rings. The van der Waals surface area contributed by atoms with E-state index in [1.165, 1.54) is 0 Å². The summed E-state index contributed by atoms with van der Waals surface area (Å²) in [5, 5.41) is 8.60.